The lowest BCUT2D eigenvalue weighted by Gasteiger charge is -2.33. The van der Waals surface area contributed by atoms with Crippen molar-refractivity contribution in [1.29, 1.82) is 0 Å². The number of carbonyl (C=O) groups is 1. The molecule has 1 fully saturated rings. The predicted octanol–water partition coefficient (Wildman–Crippen LogP) is 5.04. The summed E-state index contributed by atoms with van der Waals surface area (Å²) in [6.07, 6.45) is -1.01. The molecule has 1 saturated heterocycles. The van der Waals surface area contributed by atoms with Crippen molar-refractivity contribution in [2.75, 3.05) is 50.1 Å². The summed E-state index contributed by atoms with van der Waals surface area (Å²) < 4.78 is 41.4. The summed E-state index contributed by atoms with van der Waals surface area (Å²) in [7, 11) is 2.00. The van der Waals surface area contributed by atoms with Gasteiger partial charge in [0.25, 0.3) is 0 Å². The first kappa shape index (κ1) is 26.3. The number of halogens is 3. The number of amides is 2. The number of hydrogen-bond donors (Lipinski definition) is 2. The number of aromatic nitrogens is 3. The lowest BCUT2D eigenvalue weighted by Crippen LogP contribution is -2.44. The first-order chi connectivity index (χ1) is 17.1. The van der Waals surface area contributed by atoms with Gasteiger partial charge in [0.15, 0.2) is 10.3 Å². The van der Waals surface area contributed by atoms with Gasteiger partial charge in [0.05, 0.1) is 21.8 Å². The molecular formula is C23H26F3N7OS2. The number of alkyl halides is 3. The zero-order valence-corrected chi connectivity index (χ0v) is 21.6. The number of rotatable bonds is 6. The average molecular weight is 538 g/mol. The Morgan fingerprint density at radius 1 is 1.14 bits per heavy atom. The third kappa shape index (κ3) is 6.52. The summed E-state index contributed by atoms with van der Waals surface area (Å²) in [5, 5.41) is 6.03. The molecule has 2 aromatic heterocycles. The first-order valence-corrected chi connectivity index (χ1v) is 13.2. The highest BCUT2D eigenvalue weighted by Gasteiger charge is 2.34. The van der Waals surface area contributed by atoms with Crippen molar-refractivity contribution >= 4 is 39.9 Å². The highest BCUT2D eigenvalue weighted by Crippen LogP contribution is 2.35. The van der Waals surface area contributed by atoms with Crippen molar-refractivity contribution in [3.63, 3.8) is 0 Å². The minimum absolute atomic E-state index is 0.0517. The van der Waals surface area contributed by atoms with Crippen LogP contribution in [0.25, 0.3) is 10.6 Å². The molecule has 1 aliphatic rings. The van der Waals surface area contributed by atoms with E-state index in [4.69, 9.17) is 0 Å². The van der Waals surface area contributed by atoms with Crippen LogP contribution in [0.5, 0.6) is 0 Å². The second kappa shape index (κ2) is 11.1. The molecule has 4 rings (SSSR count). The van der Waals surface area contributed by atoms with Crippen LogP contribution in [0.3, 0.4) is 0 Å². The second-order valence-electron chi connectivity index (χ2n) is 8.39. The Morgan fingerprint density at radius 2 is 1.89 bits per heavy atom. The number of thioether (sulfide) groups is 1. The molecule has 0 saturated carbocycles. The van der Waals surface area contributed by atoms with Gasteiger partial charge in [0, 0.05) is 44.6 Å². The van der Waals surface area contributed by atoms with Crippen LogP contribution in [0.4, 0.5) is 28.8 Å². The number of thiazole rings is 1. The highest BCUT2D eigenvalue weighted by atomic mass is 32.2. The van der Waals surface area contributed by atoms with Crippen molar-refractivity contribution in [1.82, 2.24) is 24.8 Å². The minimum Gasteiger partial charge on any atom is -0.308 e. The van der Waals surface area contributed by atoms with Crippen molar-refractivity contribution < 1.29 is 18.0 Å². The number of anilines is 2. The number of hydrogen-bond acceptors (Lipinski definition) is 8. The van der Waals surface area contributed by atoms with Crippen LogP contribution in [0.2, 0.25) is 0 Å². The fourth-order valence-corrected chi connectivity index (χ4v) is 5.10. The molecule has 1 aromatic carbocycles. The molecule has 3 heterocycles. The SMILES string of the molecule is CSc1nccc(-c2sc(NC(=O)Nc3ccc(CN4CCN(C)CC4)c(C(F)(F)F)c3)nc2C)n1. The third-order valence-electron chi connectivity index (χ3n) is 5.73. The van der Waals surface area contributed by atoms with Crippen LogP contribution < -0.4 is 10.6 Å². The molecule has 0 unspecified atom stereocenters. The van der Waals surface area contributed by atoms with E-state index >= 15 is 0 Å². The van der Waals surface area contributed by atoms with E-state index in [-0.39, 0.29) is 17.8 Å². The molecule has 8 nitrogen and oxygen atoms in total. The Kier molecular flexibility index (Phi) is 8.13. The van der Waals surface area contributed by atoms with Crippen LogP contribution >= 0.6 is 23.1 Å². The summed E-state index contributed by atoms with van der Waals surface area (Å²) in [4.78, 5) is 30.4. The van der Waals surface area contributed by atoms with Gasteiger partial charge in [-0.25, -0.2) is 19.7 Å². The monoisotopic (exact) mass is 537 g/mol. The summed E-state index contributed by atoms with van der Waals surface area (Å²) >= 11 is 2.64. The van der Waals surface area contributed by atoms with Crippen LogP contribution in [0, 0.1) is 6.92 Å². The molecule has 0 radical (unpaired) electrons. The van der Waals surface area contributed by atoms with Crippen molar-refractivity contribution in [3.8, 4) is 10.6 Å². The Bertz CT molecular complexity index is 1230. The van der Waals surface area contributed by atoms with Gasteiger partial charge in [-0.3, -0.25) is 10.2 Å². The Balaban J connectivity index is 1.46. The average Bonchev–Trinajstić information content (AvgIpc) is 3.20. The topological polar surface area (TPSA) is 86.3 Å². The summed E-state index contributed by atoms with van der Waals surface area (Å²) in [5.74, 6) is 0. The van der Waals surface area contributed by atoms with Crippen molar-refractivity contribution in [3.05, 3.63) is 47.3 Å². The van der Waals surface area contributed by atoms with E-state index in [2.05, 4.69) is 30.5 Å². The van der Waals surface area contributed by atoms with Crippen molar-refractivity contribution in [2.24, 2.45) is 0 Å². The maximum Gasteiger partial charge on any atom is 0.416 e. The molecule has 192 valence electrons. The van der Waals surface area contributed by atoms with Crippen LogP contribution in [0.15, 0.2) is 35.6 Å². The van der Waals surface area contributed by atoms with Crippen LogP contribution in [-0.4, -0.2) is 70.3 Å². The number of nitrogens with one attached hydrogen (secondary N) is 2. The number of likely N-dealkylation sites (N-methyl/N-ethyl adjacent to an activating group) is 1. The van der Waals surface area contributed by atoms with E-state index in [1.54, 1.807) is 19.2 Å². The number of benzene rings is 1. The Morgan fingerprint density at radius 3 is 2.58 bits per heavy atom. The van der Waals surface area contributed by atoms with Gasteiger partial charge in [-0.15, -0.1) is 0 Å². The van der Waals surface area contributed by atoms with Gasteiger partial charge in [-0.05, 0) is 44.0 Å². The van der Waals surface area contributed by atoms with E-state index in [1.807, 2.05) is 18.2 Å². The predicted molar refractivity (Wildman–Crippen MR) is 137 cm³/mol. The largest absolute Gasteiger partial charge is 0.416 e. The summed E-state index contributed by atoms with van der Waals surface area (Å²) in [6, 6.07) is 4.98. The Labute approximate surface area is 215 Å². The number of aryl methyl sites for hydroxylation is 1. The van der Waals surface area contributed by atoms with Gasteiger partial charge in [-0.2, -0.15) is 13.2 Å². The maximum atomic E-state index is 13.8. The molecule has 3 aromatic rings. The number of urea groups is 1. The normalized spacial score (nSPS) is 15.2. The van der Waals surface area contributed by atoms with E-state index in [0.29, 0.717) is 34.8 Å². The summed E-state index contributed by atoms with van der Waals surface area (Å²) in [5.41, 5.74) is 0.848. The van der Waals surface area contributed by atoms with Gasteiger partial charge in [0.2, 0.25) is 0 Å². The van der Waals surface area contributed by atoms with Crippen LogP contribution in [0.1, 0.15) is 16.8 Å². The maximum absolute atomic E-state index is 13.8. The number of carbonyl (C=O) groups excluding carboxylic acids is 1. The molecule has 0 atom stereocenters. The smallest absolute Gasteiger partial charge is 0.308 e. The lowest BCUT2D eigenvalue weighted by atomic mass is 10.0. The van der Waals surface area contributed by atoms with Gasteiger partial charge in [0.1, 0.15) is 0 Å². The minimum atomic E-state index is -4.54. The highest BCUT2D eigenvalue weighted by molar-refractivity contribution is 7.98. The standard InChI is InChI=1S/C23H26F3N7OS2/c1-14-19(18-6-7-27-21(30-18)35-3)36-22(28-14)31-20(34)29-16-5-4-15(17(12-16)23(24,25)26)13-33-10-8-32(2)9-11-33/h4-7,12H,8-11,13H2,1-3H3,(H2,28,29,31,34). The first-order valence-electron chi connectivity index (χ1n) is 11.2. The third-order valence-corrected chi connectivity index (χ3v) is 7.39. The van der Waals surface area contributed by atoms with E-state index in [0.717, 1.165) is 24.0 Å². The van der Waals surface area contributed by atoms with E-state index in [9.17, 15) is 18.0 Å². The lowest BCUT2D eigenvalue weighted by molar-refractivity contribution is -0.138. The quantitative estimate of drug-likeness (QED) is 0.337. The molecule has 2 N–H and O–H groups in total. The molecule has 36 heavy (non-hydrogen) atoms. The number of piperazine rings is 1. The zero-order valence-electron chi connectivity index (χ0n) is 20.0. The molecule has 0 aliphatic carbocycles. The molecule has 2 amide bonds. The molecule has 0 bridgehead atoms. The summed E-state index contributed by atoms with van der Waals surface area (Å²) in [6.45, 7) is 5.05. The van der Waals surface area contributed by atoms with E-state index < -0.39 is 17.8 Å². The second-order valence-corrected chi connectivity index (χ2v) is 10.2. The van der Waals surface area contributed by atoms with Gasteiger partial charge >= 0.3 is 12.2 Å². The van der Waals surface area contributed by atoms with Gasteiger partial charge in [-0.1, -0.05) is 29.2 Å². The number of nitrogens with zero attached hydrogens (tertiary/aromatic N) is 5. The van der Waals surface area contributed by atoms with E-state index in [1.165, 1.54) is 35.2 Å². The molecule has 13 heteroatoms. The zero-order chi connectivity index (χ0) is 25.9. The van der Waals surface area contributed by atoms with Crippen molar-refractivity contribution in [2.45, 2.75) is 24.8 Å². The molecule has 1 aliphatic heterocycles. The van der Waals surface area contributed by atoms with Gasteiger partial charge < -0.3 is 10.2 Å². The fraction of sp³-hybridized carbons (Fsp3) is 0.391. The van der Waals surface area contributed by atoms with Crippen LogP contribution in [-0.2, 0) is 12.7 Å². The Hall–Kier alpha value is -2.74. The molecular weight excluding hydrogens is 511 g/mol. The molecule has 0 spiro atoms. The fourth-order valence-electron chi connectivity index (χ4n) is 3.82.